The number of rotatable bonds is 3. The molecule has 2 heterocycles. The van der Waals surface area contributed by atoms with Crippen LogP contribution < -0.4 is 20.4 Å². The number of methoxy groups -OCH3 is 2. The third-order valence-corrected chi connectivity index (χ3v) is 4.89. The highest BCUT2D eigenvalue weighted by molar-refractivity contribution is 5.94. The van der Waals surface area contributed by atoms with Crippen LogP contribution in [0.25, 0.3) is 12.2 Å². The van der Waals surface area contributed by atoms with Crippen molar-refractivity contribution >= 4 is 24.1 Å². The van der Waals surface area contributed by atoms with Gasteiger partial charge >= 0.3 is 0 Å². The average Bonchev–Trinajstić information content (AvgIpc) is 2.93. The van der Waals surface area contributed by atoms with Crippen molar-refractivity contribution < 1.29 is 18.7 Å². The number of allylic oxidation sites excluding steroid dienone is 2. The van der Waals surface area contributed by atoms with Crippen molar-refractivity contribution in [1.29, 1.82) is 0 Å². The Morgan fingerprint density at radius 3 is 2.57 bits per heavy atom. The fraction of sp³-hybridized carbons (Fsp3) is 0.391. The number of hydrogen-bond donors (Lipinski definition) is 0. The van der Waals surface area contributed by atoms with Crippen LogP contribution in [-0.2, 0) is 4.74 Å². The van der Waals surface area contributed by atoms with Gasteiger partial charge in [-0.05, 0) is 49.3 Å². The number of amides is 1. The lowest BCUT2D eigenvalue weighted by molar-refractivity contribution is 0.0767. The Hall–Kier alpha value is -3.06. The van der Waals surface area contributed by atoms with Gasteiger partial charge in [-0.2, -0.15) is 4.98 Å². The summed E-state index contributed by atoms with van der Waals surface area (Å²) in [7, 11) is 4.87. The zero-order chi connectivity index (χ0) is 21.3. The number of aromatic nitrogens is 1. The maximum atomic E-state index is 12.8. The number of carbonyl (C=O) groups is 1. The van der Waals surface area contributed by atoms with Crippen LogP contribution in [0.2, 0.25) is 0 Å². The van der Waals surface area contributed by atoms with Gasteiger partial charge in [0, 0.05) is 46.0 Å². The molecule has 2 aliphatic rings. The Morgan fingerprint density at radius 2 is 1.83 bits per heavy atom. The molecule has 4 rings (SSSR count). The SMILES string of the molecule is COC.COc1ccc(C(=O)N2CCCN(c3nc4c(o3)=CCC=CC=4)CC2)cc1. The highest BCUT2D eigenvalue weighted by Crippen LogP contribution is 2.16. The quantitative estimate of drug-likeness (QED) is 0.768. The van der Waals surface area contributed by atoms with Crippen LogP contribution in [0.5, 0.6) is 5.75 Å². The van der Waals surface area contributed by atoms with Crippen molar-refractivity contribution in [3.63, 3.8) is 0 Å². The van der Waals surface area contributed by atoms with Crippen LogP contribution in [-0.4, -0.2) is 63.3 Å². The summed E-state index contributed by atoms with van der Waals surface area (Å²) in [6, 6.07) is 7.90. The highest BCUT2D eigenvalue weighted by atomic mass is 16.5. The van der Waals surface area contributed by atoms with Crippen molar-refractivity contribution in [3.8, 4) is 5.75 Å². The third-order valence-electron chi connectivity index (χ3n) is 4.89. The fourth-order valence-corrected chi connectivity index (χ4v) is 3.37. The number of carbonyl (C=O) groups excluding carboxylic acids is 1. The monoisotopic (exact) mass is 411 g/mol. The second kappa shape index (κ2) is 10.6. The predicted molar refractivity (Wildman–Crippen MR) is 117 cm³/mol. The molecule has 0 radical (unpaired) electrons. The van der Waals surface area contributed by atoms with Crippen LogP contribution in [0.3, 0.4) is 0 Å². The highest BCUT2D eigenvalue weighted by Gasteiger charge is 2.22. The van der Waals surface area contributed by atoms with Crippen LogP contribution in [0.4, 0.5) is 6.01 Å². The van der Waals surface area contributed by atoms with E-state index in [0.717, 1.165) is 42.4 Å². The van der Waals surface area contributed by atoms with E-state index in [1.165, 1.54) is 0 Å². The van der Waals surface area contributed by atoms with Crippen molar-refractivity contribution in [3.05, 3.63) is 52.7 Å². The molecule has 1 aromatic heterocycles. The molecule has 30 heavy (non-hydrogen) atoms. The topological polar surface area (TPSA) is 68.0 Å². The molecule has 1 aliphatic heterocycles. The molecule has 0 unspecified atom stereocenters. The molecule has 1 saturated heterocycles. The number of hydrogen-bond acceptors (Lipinski definition) is 6. The molecule has 0 N–H and O–H groups in total. The summed E-state index contributed by atoms with van der Waals surface area (Å²) in [5.74, 6) is 0.801. The van der Waals surface area contributed by atoms with E-state index in [1.54, 1.807) is 21.3 Å². The van der Waals surface area contributed by atoms with Gasteiger partial charge in [0.05, 0.1) is 7.11 Å². The molecule has 1 aromatic carbocycles. The van der Waals surface area contributed by atoms with Gasteiger partial charge in [0.25, 0.3) is 11.9 Å². The van der Waals surface area contributed by atoms with Gasteiger partial charge in [-0.1, -0.05) is 12.2 Å². The van der Waals surface area contributed by atoms with E-state index in [0.29, 0.717) is 24.7 Å². The number of anilines is 1. The molecule has 0 atom stereocenters. The van der Waals surface area contributed by atoms with Crippen LogP contribution in [0.1, 0.15) is 23.2 Å². The number of benzene rings is 1. The van der Waals surface area contributed by atoms with Gasteiger partial charge < -0.3 is 23.7 Å². The first-order chi connectivity index (χ1) is 14.7. The molecule has 1 aliphatic carbocycles. The number of ether oxygens (including phenoxy) is 2. The minimum atomic E-state index is 0.0505. The summed E-state index contributed by atoms with van der Waals surface area (Å²) < 4.78 is 15.4. The minimum absolute atomic E-state index is 0.0505. The lowest BCUT2D eigenvalue weighted by Gasteiger charge is -2.21. The molecular formula is C23H29N3O4. The molecular weight excluding hydrogens is 382 g/mol. The summed E-state index contributed by atoms with van der Waals surface area (Å²) in [4.78, 5) is 21.5. The summed E-state index contributed by atoms with van der Waals surface area (Å²) in [5, 5.41) is 0.870. The molecule has 0 bridgehead atoms. The van der Waals surface area contributed by atoms with E-state index >= 15 is 0 Å². The van der Waals surface area contributed by atoms with E-state index in [1.807, 2.05) is 47.4 Å². The summed E-state index contributed by atoms with van der Waals surface area (Å²) in [5.41, 5.74) is 1.51. The zero-order valence-electron chi connectivity index (χ0n) is 17.8. The summed E-state index contributed by atoms with van der Waals surface area (Å²) >= 11 is 0. The normalized spacial score (nSPS) is 15.6. The Kier molecular flexibility index (Phi) is 7.68. The smallest absolute Gasteiger partial charge is 0.298 e. The molecule has 1 fully saturated rings. The van der Waals surface area contributed by atoms with E-state index < -0.39 is 0 Å². The fourth-order valence-electron chi connectivity index (χ4n) is 3.37. The van der Waals surface area contributed by atoms with Gasteiger partial charge in [-0.25, -0.2) is 0 Å². The predicted octanol–water partition coefficient (Wildman–Crippen LogP) is 1.82. The lowest BCUT2D eigenvalue weighted by atomic mass is 10.2. The number of fused-ring (bicyclic) bond motifs is 1. The second-order valence-electron chi connectivity index (χ2n) is 7.05. The first-order valence-electron chi connectivity index (χ1n) is 10.1. The van der Waals surface area contributed by atoms with E-state index in [-0.39, 0.29) is 5.91 Å². The van der Waals surface area contributed by atoms with Crippen molar-refractivity contribution in [1.82, 2.24) is 9.88 Å². The Bertz CT molecular complexity index is 979. The molecule has 1 amide bonds. The maximum Gasteiger partial charge on any atom is 0.298 e. The summed E-state index contributed by atoms with van der Waals surface area (Å²) in [6.07, 6.45) is 9.83. The van der Waals surface area contributed by atoms with Gasteiger partial charge in [-0.3, -0.25) is 4.79 Å². The van der Waals surface area contributed by atoms with Crippen molar-refractivity contribution in [2.75, 3.05) is 52.4 Å². The minimum Gasteiger partial charge on any atom is -0.497 e. The van der Waals surface area contributed by atoms with Crippen molar-refractivity contribution in [2.24, 2.45) is 0 Å². The van der Waals surface area contributed by atoms with Gasteiger partial charge in [0.1, 0.15) is 11.1 Å². The second-order valence-corrected chi connectivity index (χ2v) is 7.05. The van der Waals surface area contributed by atoms with Gasteiger partial charge in [-0.15, -0.1) is 0 Å². The lowest BCUT2D eigenvalue weighted by Crippen LogP contribution is -2.35. The molecule has 0 saturated carbocycles. The Labute approximate surface area is 176 Å². The van der Waals surface area contributed by atoms with Gasteiger partial charge in [0.2, 0.25) is 0 Å². The van der Waals surface area contributed by atoms with Crippen LogP contribution in [0, 0.1) is 0 Å². The van der Waals surface area contributed by atoms with E-state index in [4.69, 9.17) is 9.15 Å². The molecule has 7 nitrogen and oxygen atoms in total. The molecule has 2 aromatic rings. The standard InChI is InChI=1S/C21H23N3O3.C2H6O/c1-26-17-10-8-16(9-11-17)20(25)23-12-5-13-24(15-14-23)21-22-18-6-3-2-4-7-19(18)27-21;1-3-2/h2-3,6-11H,4-5,12-15H2,1H3;1-2H3. The molecule has 160 valence electrons. The zero-order valence-corrected chi connectivity index (χ0v) is 17.8. The van der Waals surface area contributed by atoms with E-state index in [2.05, 4.69) is 20.7 Å². The number of oxazole rings is 1. The summed E-state index contributed by atoms with van der Waals surface area (Å²) in [6.45, 7) is 2.90. The van der Waals surface area contributed by atoms with Crippen molar-refractivity contribution in [2.45, 2.75) is 12.8 Å². The Morgan fingerprint density at radius 1 is 1.07 bits per heavy atom. The van der Waals surface area contributed by atoms with Gasteiger partial charge in [0.15, 0.2) is 5.42 Å². The molecule has 7 heteroatoms. The number of nitrogens with zero attached hydrogens (tertiary/aromatic N) is 3. The van der Waals surface area contributed by atoms with Crippen LogP contribution >= 0.6 is 0 Å². The van der Waals surface area contributed by atoms with E-state index in [9.17, 15) is 4.79 Å². The maximum absolute atomic E-state index is 12.8. The first kappa shape index (κ1) is 21.6. The van der Waals surface area contributed by atoms with Crippen LogP contribution in [0.15, 0.2) is 40.8 Å². The largest absolute Gasteiger partial charge is 0.497 e. The Balaban J connectivity index is 0.000000806. The average molecular weight is 412 g/mol. The first-order valence-corrected chi connectivity index (χ1v) is 10.1. The molecule has 0 spiro atoms. The third kappa shape index (κ3) is 5.30.